The number of alkyl halides is 1. The third kappa shape index (κ3) is 3.02. The highest BCUT2D eigenvalue weighted by atomic mass is 19.1. The predicted molar refractivity (Wildman–Crippen MR) is 66.9 cm³/mol. The van der Waals surface area contributed by atoms with Gasteiger partial charge in [0.05, 0.1) is 12.7 Å². The van der Waals surface area contributed by atoms with Crippen molar-refractivity contribution in [1.82, 2.24) is 0 Å². The zero-order valence-corrected chi connectivity index (χ0v) is 9.01. The molecule has 84 valence electrons. The van der Waals surface area contributed by atoms with Gasteiger partial charge < -0.3 is 4.90 Å². The second-order valence-electron chi connectivity index (χ2n) is 3.00. The van der Waals surface area contributed by atoms with E-state index >= 15 is 0 Å². The zero-order valence-electron chi connectivity index (χ0n) is 9.01. The Bertz CT molecular complexity index is 373. The van der Waals surface area contributed by atoms with Crippen molar-refractivity contribution in [3.8, 4) is 0 Å². The highest BCUT2D eigenvalue weighted by molar-refractivity contribution is 5.53. The van der Waals surface area contributed by atoms with Gasteiger partial charge in [0.15, 0.2) is 5.82 Å². The number of hydrogen-bond donors (Lipinski definition) is 0. The van der Waals surface area contributed by atoms with Crippen molar-refractivity contribution in [2.75, 3.05) is 18.1 Å². The summed E-state index contributed by atoms with van der Waals surface area (Å²) in [7, 11) is 0. The minimum absolute atomic E-state index is 0.213. The number of benzene rings is 1. The van der Waals surface area contributed by atoms with Crippen molar-refractivity contribution in [1.29, 1.82) is 0 Å². The molecule has 0 saturated carbocycles. The van der Waals surface area contributed by atoms with Gasteiger partial charge in [0.1, 0.15) is 6.67 Å². The van der Waals surface area contributed by atoms with Gasteiger partial charge in [0.25, 0.3) is 0 Å². The summed E-state index contributed by atoms with van der Waals surface area (Å²) in [5, 5.41) is 0. The summed E-state index contributed by atoms with van der Waals surface area (Å²) in [6.45, 7) is 6.53. The first-order chi connectivity index (χ1) is 7.83. The van der Waals surface area contributed by atoms with Gasteiger partial charge in [-0.15, -0.1) is 0 Å². The molecule has 0 saturated heterocycles. The van der Waals surface area contributed by atoms with E-state index in [0.717, 1.165) is 5.69 Å². The fourth-order valence-electron chi connectivity index (χ4n) is 1.35. The van der Waals surface area contributed by atoms with Crippen LogP contribution < -0.4 is 4.90 Å². The minimum atomic E-state index is -0.473. The van der Waals surface area contributed by atoms with Gasteiger partial charge in [0.2, 0.25) is 0 Å². The van der Waals surface area contributed by atoms with E-state index in [1.807, 2.05) is 30.3 Å². The first-order valence-electron chi connectivity index (χ1n) is 4.84. The van der Waals surface area contributed by atoms with Gasteiger partial charge in [0, 0.05) is 5.69 Å². The molecular weight excluding hydrogens is 205 g/mol. The molecule has 0 spiro atoms. The third-order valence-corrected chi connectivity index (χ3v) is 2.02. The van der Waals surface area contributed by atoms with E-state index in [4.69, 9.17) is 0 Å². The summed E-state index contributed by atoms with van der Waals surface area (Å²) in [6, 6.07) is 9.40. The Morgan fingerprint density at radius 2 is 2.00 bits per heavy atom. The molecule has 0 aliphatic rings. The standard InChI is InChI=1S/C12H14FN3/c1-14-10-12(15-2)16(9-8-13)11-6-4-3-5-7-11/h3-7,10H,1-2,8-9H2/b12-10+. The Morgan fingerprint density at radius 1 is 1.31 bits per heavy atom. The lowest BCUT2D eigenvalue weighted by atomic mass is 10.3. The number of rotatable bonds is 6. The van der Waals surface area contributed by atoms with Crippen molar-refractivity contribution in [3.63, 3.8) is 0 Å². The molecule has 0 aliphatic carbocycles. The van der Waals surface area contributed by atoms with Gasteiger partial charge in [-0.1, -0.05) is 18.2 Å². The zero-order chi connectivity index (χ0) is 11.8. The van der Waals surface area contributed by atoms with Crippen LogP contribution in [0.4, 0.5) is 10.1 Å². The van der Waals surface area contributed by atoms with E-state index in [1.54, 1.807) is 4.90 Å². The van der Waals surface area contributed by atoms with Crippen LogP contribution in [-0.2, 0) is 0 Å². The molecule has 0 aliphatic heterocycles. The Morgan fingerprint density at radius 3 is 2.50 bits per heavy atom. The van der Waals surface area contributed by atoms with E-state index in [0.29, 0.717) is 5.82 Å². The van der Waals surface area contributed by atoms with Crippen molar-refractivity contribution < 1.29 is 4.39 Å². The van der Waals surface area contributed by atoms with Crippen LogP contribution >= 0.6 is 0 Å². The second kappa shape index (κ2) is 6.50. The number of aliphatic imine (C=N–C) groups is 2. The van der Waals surface area contributed by atoms with Crippen molar-refractivity contribution >= 4 is 19.1 Å². The molecule has 0 radical (unpaired) electrons. The van der Waals surface area contributed by atoms with Gasteiger partial charge in [-0.3, -0.25) is 4.99 Å². The monoisotopic (exact) mass is 219 g/mol. The Labute approximate surface area is 94.6 Å². The molecule has 0 atom stereocenters. The van der Waals surface area contributed by atoms with Crippen LogP contribution in [0.5, 0.6) is 0 Å². The van der Waals surface area contributed by atoms with E-state index < -0.39 is 6.67 Å². The normalized spacial score (nSPS) is 10.9. The molecule has 0 aromatic heterocycles. The molecule has 0 unspecified atom stereocenters. The summed E-state index contributed by atoms with van der Waals surface area (Å²) < 4.78 is 12.5. The van der Waals surface area contributed by atoms with E-state index in [2.05, 4.69) is 23.4 Å². The first-order valence-corrected chi connectivity index (χ1v) is 4.84. The quantitative estimate of drug-likeness (QED) is 0.676. The molecule has 1 aromatic carbocycles. The average molecular weight is 219 g/mol. The van der Waals surface area contributed by atoms with E-state index in [9.17, 15) is 4.39 Å². The highest BCUT2D eigenvalue weighted by Crippen LogP contribution is 2.19. The topological polar surface area (TPSA) is 28.0 Å². The van der Waals surface area contributed by atoms with Crippen molar-refractivity contribution in [2.24, 2.45) is 9.98 Å². The maximum absolute atomic E-state index is 12.5. The van der Waals surface area contributed by atoms with Crippen LogP contribution in [-0.4, -0.2) is 26.7 Å². The van der Waals surface area contributed by atoms with Crippen LogP contribution in [0.25, 0.3) is 0 Å². The van der Waals surface area contributed by atoms with Crippen LogP contribution in [0.2, 0.25) is 0 Å². The summed E-state index contributed by atoms with van der Waals surface area (Å²) in [4.78, 5) is 9.13. The van der Waals surface area contributed by atoms with E-state index in [-0.39, 0.29) is 6.54 Å². The van der Waals surface area contributed by atoms with Crippen LogP contribution in [0.15, 0.2) is 52.3 Å². The molecule has 3 nitrogen and oxygen atoms in total. The lowest BCUT2D eigenvalue weighted by Crippen LogP contribution is -2.23. The highest BCUT2D eigenvalue weighted by Gasteiger charge is 2.09. The van der Waals surface area contributed by atoms with Gasteiger partial charge in [-0.05, 0) is 25.6 Å². The maximum Gasteiger partial charge on any atom is 0.150 e. The Balaban J connectivity index is 3.03. The summed E-state index contributed by atoms with van der Waals surface area (Å²) in [6.07, 6.45) is 1.45. The van der Waals surface area contributed by atoms with Crippen molar-refractivity contribution in [3.05, 3.63) is 42.4 Å². The van der Waals surface area contributed by atoms with Gasteiger partial charge >= 0.3 is 0 Å². The van der Waals surface area contributed by atoms with E-state index in [1.165, 1.54) is 6.20 Å². The maximum atomic E-state index is 12.5. The van der Waals surface area contributed by atoms with Crippen LogP contribution in [0.1, 0.15) is 0 Å². The lowest BCUT2D eigenvalue weighted by molar-refractivity contribution is 0.497. The Kier molecular flexibility index (Phi) is 4.92. The predicted octanol–water partition coefficient (Wildman–Crippen LogP) is 2.66. The summed E-state index contributed by atoms with van der Waals surface area (Å²) >= 11 is 0. The van der Waals surface area contributed by atoms with Crippen LogP contribution in [0, 0.1) is 0 Å². The summed E-state index contributed by atoms with van der Waals surface area (Å²) in [5.41, 5.74) is 0.849. The summed E-state index contributed by atoms with van der Waals surface area (Å²) in [5.74, 6) is 0.485. The third-order valence-electron chi connectivity index (χ3n) is 2.02. The molecule has 0 bridgehead atoms. The van der Waals surface area contributed by atoms with Crippen LogP contribution in [0.3, 0.4) is 0 Å². The molecule has 16 heavy (non-hydrogen) atoms. The number of para-hydroxylation sites is 1. The first kappa shape index (κ1) is 12.1. The molecule has 0 N–H and O–H groups in total. The fourth-order valence-corrected chi connectivity index (χ4v) is 1.35. The van der Waals surface area contributed by atoms with Crippen molar-refractivity contribution in [2.45, 2.75) is 0 Å². The smallest absolute Gasteiger partial charge is 0.150 e. The average Bonchev–Trinajstić information content (AvgIpc) is 2.35. The largest absolute Gasteiger partial charge is 0.323 e. The van der Waals surface area contributed by atoms with Gasteiger partial charge in [-0.25, -0.2) is 9.38 Å². The molecule has 1 aromatic rings. The molecule has 0 heterocycles. The molecular formula is C12H14FN3. The number of halogens is 1. The fraction of sp³-hybridized carbons (Fsp3) is 0.167. The molecule has 0 amide bonds. The van der Waals surface area contributed by atoms with Gasteiger partial charge in [-0.2, -0.15) is 0 Å². The number of nitrogens with zero attached hydrogens (tertiary/aromatic N) is 3. The second-order valence-corrected chi connectivity index (χ2v) is 3.00. The molecule has 0 fully saturated rings. The lowest BCUT2D eigenvalue weighted by Gasteiger charge is -2.22. The number of anilines is 1. The minimum Gasteiger partial charge on any atom is -0.323 e. The molecule has 4 heteroatoms. The number of hydrogen-bond acceptors (Lipinski definition) is 3. The SMILES string of the molecule is C=N/C=C(\N=C)N(CCF)c1ccccc1. The molecule has 1 rings (SSSR count). The Hall–Kier alpha value is -1.97.